The maximum absolute atomic E-state index is 9.57. The van der Waals surface area contributed by atoms with Gasteiger partial charge in [0.2, 0.25) is 0 Å². The van der Waals surface area contributed by atoms with E-state index in [1.807, 2.05) is 24.3 Å². The molecule has 0 aliphatic heterocycles. The molecule has 94 valence electrons. The van der Waals surface area contributed by atoms with Gasteiger partial charge in [0.1, 0.15) is 6.61 Å². The highest BCUT2D eigenvalue weighted by molar-refractivity contribution is 9.10. The van der Waals surface area contributed by atoms with Gasteiger partial charge in [0, 0.05) is 4.47 Å². The lowest BCUT2D eigenvalue weighted by atomic mass is 10.1. The highest BCUT2D eigenvalue weighted by Gasteiger charge is 2.11. The van der Waals surface area contributed by atoms with Gasteiger partial charge in [0.25, 0.3) is 0 Å². The van der Waals surface area contributed by atoms with Gasteiger partial charge in [-0.25, -0.2) is 0 Å². The molecule has 0 bridgehead atoms. The van der Waals surface area contributed by atoms with E-state index in [2.05, 4.69) is 15.9 Å². The van der Waals surface area contributed by atoms with Gasteiger partial charge in [0.15, 0.2) is 11.5 Å². The monoisotopic (exact) mass is 307 g/mol. The van der Waals surface area contributed by atoms with E-state index in [4.69, 9.17) is 10.5 Å². The molecule has 18 heavy (non-hydrogen) atoms. The summed E-state index contributed by atoms with van der Waals surface area (Å²) in [5.74, 6) is 0.567. The number of aromatic hydroxyl groups is 1. The smallest absolute Gasteiger partial charge is 0.161 e. The van der Waals surface area contributed by atoms with Crippen molar-refractivity contribution in [1.82, 2.24) is 0 Å². The molecule has 0 saturated carbocycles. The fourth-order valence-electron chi connectivity index (χ4n) is 1.62. The number of halogens is 1. The van der Waals surface area contributed by atoms with Crippen molar-refractivity contribution in [1.29, 1.82) is 0 Å². The maximum Gasteiger partial charge on any atom is 0.161 e. The molecular formula is C14H14BrNO2. The van der Waals surface area contributed by atoms with Crippen molar-refractivity contribution < 1.29 is 9.84 Å². The van der Waals surface area contributed by atoms with E-state index in [0.29, 0.717) is 12.4 Å². The van der Waals surface area contributed by atoms with Gasteiger partial charge >= 0.3 is 0 Å². The topological polar surface area (TPSA) is 55.5 Å². The second-order valence-electron chi connectivity index (χ2n) is 3.91. The van der Waals surface area contributed by atoms with Crippen molar-refractivity contribution >= 4 is 15.9 Å². The van der Waals surface area contributed by atoms with Crippen molar-refractivity contribution in [3.05, 3.63) is 58.6 Å². The largest absolute Gasteiger partial charge is 0.504 e. The highest BCUT2D eigenvalue weighted by atomic mass is 79.9. The molecule has 2 aromatic rings. The van der Waals surface area contributed by atoms with Gasteiger partial charge in [-0.1, -0.05) is 46.3 Å². The van der Waals surface area contributed by atoms with E-state index in [9.17, 15) is 5.11 Å². The summed E-state index contributed by atoms with van der Waals surface area (Å²) in [7, 11) is 0. The van der Waals surface area contributed by atoms with Crippen molar-refractivity contribution in [2.24, 2.45) is 5.73 Å². The van der Waals surface area contributed by atoms with E-state index in [-0.39, 0.29) is 11.8 Å². The van der Waals surface area contributed by atoms with E-state index in [0.717, 1.165) is 10.0 Å². The number of phenolic OH excluding ortho intramolecular Hbond substituents is 1. The summed E-state index contributed by atoms with van der Waals surface area (Å²) in [4.78, 5) is 0. The van der Waals surface area contributed by atoms with E-state index < -0.39 is 0 Å². The van der Waals surface area contributed by atoms with Crippen molar-refractivity contribution in [3.8, 4) is 11.5 Å². The predicted octanol–water partition coefficient (Wildman–Crippen LogP) is 3.23. The minimum Gasteiger partial charge on any atom is -0.504 e. The van der Waals surface area contributed by atoms with Crippen LogP contribution in [0.5, 0.6) is 11.5 Å². The zero-order valence-electron chi connectivity index (χ0n) is 9.71. The first-order valence-electron chi connectivity index (χ1n) is 5.59. The van der Waals surface area contributed by atoms with E-state index in [1.165, 1.54) is 0 Å². The Hall–Kier alpha value is -1.52. The minimum atomic E-state index is -0.250. The zero-order valence-corrected chi connectivity index (χ0v) is 11.3. The van der Waals surface area contributed by atoms with Crippen LogP contribution in [0, 0.1) is 0 Å². The molecule has 2 aromatic carbocycles. The van der Waals surface area contributed by atoms with Crippen LogP contribution in [0.3, 0.4) is 0 Å². The molecule has 4 heteroatoms. The molecule has 0 aliphatic carbocycles. The van der Waals surface area contributed by atoms with Crippen LogP contribution in [0.2, 0.25) is 0 Å². The lowest BCUT2D eigenvalue weighted by molar-refractivity contribution is 0.276. The molecule has 0 amide bonds. The average molecular weight is 308 g/mol. The summed E-state index contributed by atoms with van der Waals surface area (Å²) in [6.07, 6.45) is 0. The number of phenols is 1. The first-order chi connectivity index (χ1) is 8.68. The molecule has 0 saturated heterocycles. The van der Waals surface area contributed by atoms with Crippen molar-refractivity contribution in [2.75, 3.05) is 6.61 Å². The molecule has 3 nitrogen and oxygen atoms in total. The highest BCUT2D eigenvalue weighted by Crippen LogP contribution is 2.27. The normalized spacial score (nSPS) is 12.1. The standard InChI is InChI=1S/C14H14BrNO2/c15-11-6-2-1-5-10(11)12(16)9-18-14-8-4-3-7-13(14)17/h1-8,12,17H,9,16H2. The maximum atomic E-state index is 9.57. The van der Waals surface area contributed by atoms with Crippen LogP contribution in [0.15, 0.2) is 53.0 Å². The Bertz CT molecular complexity index is 531. The number of ether oxygens (including phenoxy) is 1. The predicted molar refractivity (Wildman–Crippen MR) is 74.7 cm³/mol. The Morgan fingerprint density at radius 3 is 2.50 bits per heavy atom. The Labute approximate surface area is 114 Å². The van der Waals surface area contributed by atoms with Gasteiger partial charge in [-0.3, -0.25) is 0 Å². The van der Waals surface area contributed by atoms with Crippen LogP contribution in [-0.4, -0.2) is 11.7 Å². The fourth-order valence-corrected chi connectivity index (χ4v) is 2.20. The lowest BCUT2D eigenvalue weighted by Crippen LogP contribution is -2.19. The van der Waals surface area contributed by atoms with E-state index in [1.54, 1.807) is 24.3 Å². The number of nitrogens with two attached hydrogens (primary N) is 1. The third-order valence-corrected chi connectivity index (χ3v) is 3.31. The molecule has 3 N–H and O–H groups in total. The molecule has 0 fully saturated rings. The van der Waals surface area contributed by atoms with E-state index >= 15 is 0 Å². The number of benzene rings is 2. The van der Waals surface area contributed by atoms with Crippen LogP contribution in [0.1, 0.15) is 11.6 Å². The molecule has 1 unspecified atom stereocenters. The van der Waals surface area contributed by atoms with Crippen LogP contribution in [-0.2, 0) is 0 Å². The summed E-state index contributed by atoms with van der Waals surface area (Å²) in [5, 5.41) is 9.57. The lowest BCUT2D eigenvalue weighted by Gasteiger charge is -2.15. The third kappa shape index (κ3) is 3.03. The third-order valence-electron chi connectivity index (χ3n) is 2.59. The van der Waals surface area contributed by atoms with Gasteiger partial charge in [-0.2, -0.15) is 0 Å². The van der Waals surface area contributed by atoms with Crippen molar-refractivity contribution in [3.63, 3.8) is 0 Å². The zero-order chi connectivity index (χ0) is 13.0. The molecule has 1 atom stereocenters. The fraction of sp³-hybridized carbons (Fsp3) is 0.143. The summed E-state index contributed by atoms with van der Waals surface area (Å²) in [6.45, 7) is 0.306. The van der Waals surface area contributed by atoms with Gasteiger partial charge < -0.3 is 15.6 Å². The summed E-state index contributed by atoms with van der Waals surface area (Å²) in [5.41, 5.74) is 7.04. The average Bonchev–Trinajstić information content (AvgIpc) is 2.38. The molecule has 0 spiro atoms. The first-order valence-corrected chi connectivity index (χ1v) is 6.38. The van der Waals surface area contributed by atoms with Crippen LogP contribution < -0.4 is 10.5 Å². The van der Waals surface area contributed by atoms with Crippen LogP contribution >= 0.6 is 15.9 Å². The van der Waals surface area contributed by atoms with Crippen molar-refractivity contribution in [2.45, 2.75) is 6.04 Å². The quantitative estimate of drug-likeness (QED) is 0.912. The Morgan fingerprint density at radius 2 is 1.78 bits per heavy atom. The SMILES string of the molecule is NC(COc1ccccc1O)c1ccccc1Br. The Morgan fingerprint density at radius 1 is 1.11 bits per heavy atom. The molecule has 0 aliphatic rings. The second kappa shape index (κ2) is 5.89. The molecule has 2 rings (SSSR count). The molecule has 0 aromatic heterocycles. The Kier molecular flexibility index (Phi) is 4.23. The van der Waals surface area contributed by atoms with Gasteiger partial charge in [-0.05, 0) is 23.8 Å². The minimum absolute atomic E-state index is 0.122. The van der Waals surface area contributed by atoms with Gasteiger partial charge in [-0.15, -0.1) is 0 Å². The summed E-state index contributed by atoms with van der Waals surface area (Å²) < 4.78 is 6.47. The number of para-hydroxylation sites is 2. The molecule has 0 heterocycles. The summed E-state index contributed by atoms with van der Waals surface area (Å²) in [6, 6.07) is 14.3. The Balaban J connectivity index is 2.03. The van der Waals surface area contributed by atoms with Crippen LogP contribution in [0.25, 0.3) is 0 Å². The first kappa shape index (κ1) is 12.9. The second-order valence-corrected chi connectivity index (χ2v) is 4.76. The number of rotatable bonds is 4. The summed E-state index contributed by atoms with van der Waals surface area (Å²) >= 11 is 3.45. The number of hydrogen-bond acceptors (Lipinski definition) is 3. The van der Waals surface area contributed by atoms with Crippen LogP contribution in [0.4, 0.5) is 0 Å². The molecular weight excluding hydrogens is 294 g/mol. The molecule has 0 radical (unpaired) electrons. The van der Waals surface area contributed by atoms with Gasteiger partial charge in [0.05, 0.1) is 6.04 Å². The number of hydrogen-bond donors (Lipinski definition) is 2.